The summed E-state index contributed by atoms with van der Waals surface area (Å²) in [6.45, 7) is 5.31. The third-order valence-corrected chi connectivity index (χ3v) is 3.79. The van der Waals surface area contributed by atoms with Gasteiger partial charge in [0.15, 0.2) is 5.79 Å². The number of carbonyl (C=O) groups excluding carboxylic acids is 1. The maximum absolute atomic E-state index is 11.8. The molecule has 1 aliphatic rings. The molecule has 25 heavy (non-hydrogen) atoms. The van der Waals surface area contributed by atoms with Crippen molar-refractivity contribution >= 4 is 5.78 Å². The van der Waals surface area contributed by atoms with Crippen LogP contribution in [0.5, 0.6) is 5.75 Å². The van der Waals surface area contributed by atoms with Crippen molar-refractivity contribution in [3.05, 3.63) is 29.8 Å². The lowest BCUT2D eigenvalue weighted by molar-refractivity contribution is -0.139. The number of ketones is 1. The molecule has 0 spiro atoms. The Balaban J connectivity index is 1.56. The fourth-order valence-corrected chi connectivity index (χ4v) is 2.46. The Kier molecular flexibility index (Phi) is 7.45. The molecule has 0 unspecified atom stereocenters. The van der Waals surface area contributed by atoms with E-state index in [9.17, 15) is 4.79 Å². The Morgan fingerprint density at radius 3 is 2.72 bits per heavy atom. The van der Waals surface area contributed by atoms with Gasteiger partial charge in [0.1, 0.15) is 5.75 Å². The third-order valence-electron chi connectivity index (χ3n) is 3.79. The number of Topliss-reactive ketones (excluding diaryl/α,β-unsaturated/α-hetero) is 1. The van der Waals surface area contributed by atoms with Gasteiger partial charge in [0.2, 0.25) is 5.78 Å². The topological polar surface area (TPSA) is 54.0 Å². The van der Waals surface area contributed by atoms with Crippen LogP contribution in [0.2, 0.25) is 0 Å². The van der Waals surface area contributed by atoms with Crippen LogP contribution in [0.3, 0.4) is 0 Å². The molecule has 0 amide bonds. The van der Waals surface area contributed by atoms with E-state index in [0.29, 0.717) is 39.1 Å². The molecule has 1 atom stereocenters. The second kappa shape index (κ2) is 9.57. The first-order valence-corrected chi connectivity index (χ1v) is 8.52. The number of methoxy groups -OCH3 is 1. The number of hydrogen-bond donors (Lipinski definition) is 0. The number of hydrogen-bond acceptors (Lipinski definition) is 5. The smallest absolute Gasteiger partial charge is 0.205 e. The molecule has 1 fully saturated rings. The minimum absolute atomic E-state index is 0.0198. The Hall–Kier alpha value is -1.87. The molecule has 0 radical (unpaired) electrons. The summed E-state index contributed by atoms with van der Waals surface area (Å²) in [7, 11) is 1.64. The van der Waals surface area contributed by atoms with Crippen LogP contribution in [0.15, 0.2) is 24.3 Å². The van der Waals surface area contributed by atoms with E-state index in [-0.39, 0.29) is 11.9 Å². The third kappa shape index (κ3) is 7.27. The molecule has 1 aliphatic heterocycles. The molecule has 0 N–H and O–H groups in total. The van der Waals surface area contributed by atoms with E-state index >= 15 is 0 Å². The summed E-state index contributed by atoms with van der Waals surface area (Å²) >= 11 is 0. The largest absolute Gasteiger partial charge is 0.497 e. The molecule has 0 saturated carbocycles. The predicted octanol–water partition coefficient (Wildman–Crippen LogP) is 3.11. The monoisotopic (exact) mass is 346 g/mol. The van der Waals surface area contributed by atoms with E-state index in [1.165, 1.54) is 0 Å². The van der Waals surface area contributed by atoms with Gasteiger partial charge in [-0.3, -0.25) is 4.79 Å². The van der Waals surface area contributed by atoms with E-state index < -0.39 is 5.79 Å². The minimum atomic E-state index is -0.541. The summed E-state index contributed by atoms with van der Waals surface area (Å²) in [4.78, 5) is 11.8. The summed E-state index contributed by atoms with van der Waals surface area (Å²) < 4.78 is 21.8. The van der Waals surface area contributed by atoms with Gasteiger partial charge in [-0.05, 0) is 43.9 Å². The van der Waals surface area contributed by atoms with Gasteiger partial charge in [-0.2, -0.15) is 0 Å². The summed E-state index contributed by atoms with van der Waals surface area (Å²) in [5.74, 6) is 5.74. The molecule has 5 heteroatoms. The first-order valence-electron chi connectivity index (χ1n) is 8.52. The lowest BCUT2D eigenvalue weighted by atomic mass is 10.1. The summed E-state index contributed by atoms with van der Waals surface area (Å²) in [6, 6.07) is 7.73. The summed E-state index contributed by atoms with van der Waals surface area (Å²) in [5.41, 5.74) is 1.08. The standard InChI is InChI=1S/C20H26O5/c1-20(2)24-15-19(25-20)12-9-17(21)6-4-5-13-23-14-16-7-10-18(22-3)11-8-16/h7-8,10-11,19H,5,9,12-15H2,1-3H3/t19-/m0/s1. The van der Waals surface area contributed by atoms with E-state index in [0.717, 1.165) is 11.3 Å². The number of benzene rings is 1. The van der Waals surface area contributed by atoms with Crippen LogP contribution in [0.1, 0.15) is 38.7 Å². The first-order chi connectivity index (χ1) is 12.0. The molecule has 1 heterocycles. The molecular formula is C20H26O5. The molecule has 2 rings (SSSR count). The van der Waals surface area contributed by atoms with E-state index in [2.05, 4.69) is 11.8 Å². The van der Waals surface area contributed by atoms with Crippen molar-refractivity contribution in [3.8, 4) is 17.6 Å². The van der Waals surface area contributed by atoms with Crippen LogP contribution in [-0.4, -0.2) is 38.0 Å². The van der Waals surface area contributed by atoms with Crippen LogP contribution in [0, 0.1) is 11.8 Å². The SMILES string of the molecule is COc1ccc(COCCC#CC(=O)CC[C@H]2COC(C)(C)O2)cc1. The highest BCUT2D eigenvalue weighted by Gasteiger charge is 2.32. The number of ether oxygens (including phenoxy) is 4. The normalized spacial score (nSPS) is 18.4. The van der Waals surface area contributed by atoms with Crippen molar-refractivity contribution in [1.29, 1.82) is 0 Å². The van der Waals surface area contributed by atoms with Crippen molar-refractivity contribution in [3.63, 3.8) is 0 Å². The molecule has 1 aromatic rings. The van der Waals surface area contributed by atoms with Gasteiger partial charge >= 0.3 is 0 Å². The summed E-state index contributed by atoms with van der Waals surface area (Å²) in [5, 5.41) is 0. The zero-order valence-corrected chi connectivity index (χ0v) is 15.2. The number of carbonyl (C=O) groups is 1. The average molecular weight is 346 g/mol. The van der Waals surface area contributed by atoms with Crippen LogP contribution < -0.4 is 4.74 Å². The van der Waals surface area contributed by atoms with Crippen LogP contribution >= 0.6 is 0 Å². The van der Waals surface area contributed by atoms with Gasteiger partial charge in [-0.25, -0.2) is 0 Å². The second-order valence-electron chi connectivity index (χ2n) is 6.36. The van der Waals surface area contributed by atoms with E-state index in [4.69, 9.17) is 18.9 Å². The Morgan fingerprint density at radius 2 is 2.08 bits per heavy atom. The van der Waals surface area contributed by atoms with E-state index in [1.54, 1.807) is 7.11 Å². The predicted molar refractivity (Wildman–Crippen MR) is 94.2 cm³/mol. The van der Waals surface area contributed by atoms with Crippen molar-refractivity contribution in [1.82, 2.24) is 0 Å². The van der Waals surface area contributed by atoms with Crippen molar-refractivity contribution < 1.29 is 23.7 Å². The van der Waals surface area contributed by atoms with Gasteiger partial charge in [0.05, 0.1) is 33.0 Å². The average Bonchev–Trinajstić information content (AvgIpc) is 2.95. The fourth-order valence-electron chi connectivity index (χ4n) is 2.46. The minimum Gasteiger partial charge on any atom is -0.497 e. The number of rotatable bonds is 8. The van der Waals surface area contributed by atoms with Gasteiger partial charge in [0, 0.05) is 12.8 Å². The quantitative estimate of drug-likeness (QED) is 0.411. The lowest BCUT2D eigenvalue weighted by Gasteiger charge is -2.16. The highest BCUT2D eigenvalue weighted by Crippen LogP contribution is 2.24. The molecule has 0 aromatic heterocycles. The van der Waals surface area contributed by atoms with Crippen LogP contribution in [0.4, 0.5) is 0 Å². The highest BCUT2D eigenvalue weighted by atomic mass is 16.7. The Labute approximate surface area is 149 Å². The zero-order valence-electron chi connectivity index (χ0n) is 15.2. The van der Waals surface area contributed by atoms with Gasteiger partial charge in [-0.1, -0.05) is 18.1 Å². The van der Waals surface area contributed by atoms with Crippen molar-refractivity contribution in [2.75, 3.05) is 20.3 Å². The Morgan fingerprint density at radius 1 is 1.32 bits per heavy atom. The zero-order chi connectivity index (χ0) is 18.1. The maximum atomic E-state index is 11.8. The second-order valence-corrected chi connectivity index (χ2v) is 6.36. The van der Waals surface area contributed by atoms with Gasteiger partial charge < -0.3 is 18.9 Å². The highest BCUT2D eigenvalue weighted by molar-refractivity contribution is 5.95. The van der Waals surface area contributed by atoms with Gasteiger partial charge in [0.25, 0.3) is 0 Å². The first kappa shape index (κ1) is 19.5. The summed E-state index contributed by atoms with van der Waals surface area (Å²) in [6.07, 6.45) is 1.56. The molecule has 5 nitrogen and oxygen atoms in total. The molecule has 136 valence electrons. The van der Waals surface area contributed by atoms with Crippen LogP contribution in [0.25, 0.3) is 0 Å². The molecule has 0 bridgehead atoms. The molecule has 0 aliphatic carbocycles. The van der Waals surface area contributed by atoms with Crippen molar-refractivity contribution in [2.24, 2.45) is 0 Å². The maximum Gasteiger partial charge on any atom is 0.205 e. The van der Waals surface area contributed by atoms with Crippen molar-refractivity contribution in [2.45, 2.75) is 51.6 Å². The molecular weight excluding hydrogens is 320 g/mol. The van der Waals surface area contributed by atoms with E-state index in [1.807, 2.05) is 38.1 Å². The fraction of sp³-hybridized carbons (Fsp3) is 0.550. The molecule has 1 saturated heterocycles. The lowest BCUT2D eigenvalue weighted by Crippen LogP contribution is -2.21. The van der Waals surface area contributed by atoms with Gasteiger partial charge in [-0.15, -0.1) is 0 Å². The van der Waals surface area contributed by atoms with Crippen LogP contribution in [-0.2, 0) is 25.6 Å². The molecule has 1 aromatic carbocycles. The Bertz CT molecular complexity index is 609.